The molecule has 1 heterocycles. The van der Waals surface area contributed by atoms with E-state index in [1.54, 1.807) is 0 Å². The summed E-state index contributed by atoms with van der Waals surface area (Å²) in [6, 6.07) is 16.1. The first kappa shape index (κ1) is 24.7. The number of fused-ring (bicyclic) bond motifs is 3. The molecule has 2 unspecified atom stereocenters. The number of ether oxygens (including phenoxy) is 2. The molecule has 0 spiro atoms. The van der Waals surface area contributed by atoms with Gasteiger partial charge in [-0.3, -0.25) is 4.79 Å². The molecule has 2 amide bonds. The van der Waals surface area contributed by atoms with E-state index in [9.17, 15) is 24.6 Å². The van der Waals surface area contributed by atoms with Crippen LogP contribution in [0.25, 0.3) is 11.1 Å². The number of β-amino-alcohol motifs (C(OH)–C–C–N with tert-alkyl or cyclic N) is 1. The van der Waals surface area contributed by atoms with E-state index in [4.69, 9.17) is 9.47 Å². The topological polar surface area (TPSA) is 125 Å². The lowest BCUT2D eigenvalue weighted by Gasteiger charge is -2.36. The van der Waals surface area contributed by atoms with Gasteiger partial charge in [0.2, 0.25) is 5.91 Å². The van der Waals surface area contributed by atoms with Crippen molar-refractivity contribution < 1.29 is 34.1 Å². The minimum absolute atomic E-state index is 0.0515. The van der Waals surface area contributed by atoms with Crippen LogP contribution in [-0.4, -0.2) is 78.1 Å². The predicted molar refractivity (Wildman–Crippen MR) is 127 cm³/mol. The van der Waals surface area contributed by atoms with E-state index >= 15 is 0 Å². The number of methoxy groups -OCH3 is 1. The first-order chi connectivity index (χ1) is 16.8. The van der Waals surface area contributed by atoms with Crippen molar-refractivity contribution >= 4 is 18.0 Å². The van der Waals surface area contributed by atoms with E-state index in [1.807, 2.05) is 36.4 Å². The van der Waals surface area contributed by atoms with Crippen molar-refractivity contribution in [2.45, 2.75) is 36.9 Å². The number of carbonyl (C=O) groups is 3. The standard InChI is InChI=1S/C26H30N2O7/c1-34-17(13-23(29)28-12-6-11-26(33,16-28)24(30)31)14-27-25(32)35-15-22-20-9-4-2-7-18(20)19-8-3-5-10-21(19)22/h2-5,7-10,17,22,33H,6,11-16H2,1H3,(H,27,32)(H,30,31). The van der Waals surface area contributed by atoms with Crippen LogP contribution in [0.4, 0.5) is 4.79 Å². The summed E-state index contributed by atoms with van der Waals surface area (Å²) in [5, 5.41) is 22.1. The molecule has 2 aromatic carbocycles. The SMILES string of the molecule is COC(CNC(=O)OCC1c2ccccc2-c2ccccc21)CC(=O)N1CCCC(O)(C(=O)O)C1. The third kappa shape index (κ3) is 5.31. The minimum Gasteiger partial charge on any atom is -0.479 e. The molecule has 2 aliphatic rings. The van der Waals surface area contributed by atoms with Gasteiger partial charge in [0.1, 0.15) is 6.61 Å². The molecule has 35 heavy (non-hydrogen) atoms. The summed E-state index contributed by atoms with van der Waals surface area (Å²) in [4.78, 5) is 37.7. The van der Waals surface area contributed by atoms with Gasteiger partial charge in [-0.15, -0.1) is 0 Å². The summed E-state index contributed by atoms with van der Waals surface area (Å²) < 4.78 is 10.8. The Bertz CT molecular complexity index is 1060. The number of likely N-dealkylation sites (tertiary alicyclic amines) is 1. The maximum Gasteiger partial charge on any atom is 0.407 e. The van der Waals surface area contributed by atoms with Gasteiger partial charge in [0.25, 0.3) is 0 Å². The highest BCUT2D eigenvalue weighted by molar-refractivity contribution is 5.81. The number of rotatable bonds is 8. The third-order valence-corrected chi connectivity index (χ3v) is 6.77. The zero-order valence-electron chi connectivity index (χ0n) is 19.6. The molecule has 1 aliphatic heterocycles. The second-order valence-electron chi connectivity index (χ2n) is 9.02. The van der Waals surface area contributed by atoms with Gasteiger partial charge in [-0.2, -0.15) is 0 Å². The van der Waals surface area contributed by atoms with Crippen LogP contribution in [0.15, 0.2) is 48.5 Å². The van der Waals surface area contributed by atoms with Crippen molar-refractivity contribution in [1.29, 1.82) is 0 Å². The van der Waals surface area contributed by atoms with E-state index in [-0.39, 0.29) is 44.4 Å². The summed E-state index contributed by atoms with van der Waals surface area (Å²) in [5.41, 5.74) is 2.58. The number of hydrogen-bond acceptors (Lipinski definition) is 6. The fraction of sp³-hybridized carbons (Fsp3) is 0.423. The molecule has 0 saturated carbocycles. The van der Waals surface area contributed by atoms with Crippen LogP contribution in [0.3, 0.4) is 0 Å². The van der Waals surface area contributed by atoms with Gasteiger partial charge >= 0.3 is 12.1 Å². The van der Waals surface area contributed by atoms with Crippen molar-refractivity contribution in [3.63, 3.8) is 0 Å². The number of hydrogen-bond donors (Lipinski definition) is 3. The Kier molecular flexibility index (Phi) is 7.37. The van der Waals surface area contributed by atoms with E-state index in [1.165, 1.54) is 12.0 Å². The van der Waals surface area contributed by atoms with Crippen LogP contribution in [0.5, 0.6) is 0 Å². The monoisotopic (exact) mass is 482 g/mol. The molecule has 2 aromatic rings. The normalized spacial score (nSPS) is 20.0. The summed E-state index contributed by atoms with van der Waals surface area (Å²) in [6.45, 7) is 0.329. The molecule has 3 N–H and O–H groups in total. The first-order valence-corrected chi connectivity index (χ1v) is 11.7. The van der Waals surface area contributed by atoms with Gasteiger partial charge in [0, 0.05) is 26.1 Å². The van der Waals surface area contributed by atoms with E-state index in [0.717, 1.165) is 22.3 Å². The number of amides is 2. The van der Waals surface area contributed by atoms with Crippen molar-refractivity contribution in [1.82, 2.24) is 10.2 Å². The Morgan fingerprint density at radius 2 is 1.74 bits per heavy atom. The van der Waals surface area contributed by atoms with Crippen molar-refractivity contribution in [2.24, 2.45) is 0 Å². The highest BCUT2D eigenvalue weighted by Gasteiger charge is 2.42. The van der Waals surface area contributed by atoms with Gasteiger partial charge in [-0.05, 0) is 35.1 Å². The molecule has 4 rings (SSSR count). The number of alkyl carbamates (subject to hydrolysis) is 1. The fourth-order valence-corrected chi connectivity index (χ4v) is 4.83. The Labute approximate surface area is 203 Å². The molecule has 0 aromatic heterocycles. The van der Waals surface area contributed by atoms with Gasteiger partial charge in [0.15, 0.2) is 5.60 Å². The quantitative estimate of drug-likeness (QED) is 0.527. The number of carboxylic acids is 1. The number of aliphatic hydroxyl groups is 1. The average molecular weight is 483 g/mol. The molecule has 1 fully saturated rings. The lowest BCUT2D eigenvalue weighted by atomic mass is 9.92. The zero-order valence-corrected chi connectivity index (χ0v) is 19.6. The number of aliphatic carboxylic acids is 1. The molecular weight excluding hydrogens is 452 g/mol. The number of carboxylic acid groups (broad SMARTS) is 1. The third-order valence-electron chi connectivity index (χ3n) is 6.77. The molecular formula is C26H30N2O7. The highest BCUT2D eigenvalue weighted by atomic mass is 16.5. The molecule has 9 nitrogen and oxygen atoms in total. The molecule has 0 bridgehead atoms. The molecule has 1 saturated heterocycles. The highest BCUT2D eigenvalue weighted by Crippen LogP contribution is 2.44. The molecule has 186 valence electrons. The van der Waals surface area contributed by atoms with Crippen LogP contribution in [-0.2, 0) is 19.1 Å². The molecule has 9 heteroatoms. The number of nitrogens with zero attached hydrogens (tertiary/aromatic N) is 1. The van der Waals surface area contributed by atoms with Crippen LogP contribution in [0, 0.1) is 0 Å². The summed E-state index contributed by atoms with van der Waals surface area (Å²) in [5.74, 6) is -1.74. The minimum atomic E-state index is -1.93. The van der Waals surface area contributed by atoms with Crippen LogP contribution >= 0.6 is 0 Å². The molecule has 1 aliphatic carbocycles. The maximum absolute atomic E-state index is 12.7. The Morgan fingerprint density at radius 1 is 1.11 bits per heavy atom. The first-order valence-electron chi connectivity index (χ1n) is 11.7. The number of benzene rings is 2. The van der Waals surface area contributed by atoms with Crippen LogP contribution in [0.1, 0.15) is 36.3 Å². The lowest BCUT2D eigenvalue weighted by Crippen LogP contribution is -2.55. The van der Waals surface area contributed by atoms with Crippen LogP contribution < -0.4 is 5.32 Å². The molecule has 0 radical (unpaired) electrons. The van der Waals surface area contributed by atoms with E-state index in [0.29, 0.717) is 13.0 Å². The van der Waals surface area contributed by atoms with E-state index < -0.39 is 23.8 Å². The smallest absolute Gasteiger partial charge is 0.407 e. The van der Waals surface area contributed by atoms with E-state index in [2.05, 4.69) is 17.4 Å². The van der Waals surface area contributed by atoms with Crippen molar-refractivity contribution in [2.75, 3.05) is 33.4 Å². The number of carbonyl (C=O) groups excluding carboxylic acids is 2. The number of nitrogens with one attached hydrogen (secondary N) is 1. The van der Waals surface area contributed by atoms with Gasteiger partial charge in [-0.1, -0.05) is 48.5 Å². The fourth-order valence-electron chi connectivity index (χ4n) is 4.83. The van der Waals surface area contributed by atoms with Gasteiger partial charge in [-0.25, -0.2) is 9.59 Å². The maximum atomic E-state index is 12.7. The lowest BCUT2D eigenvalue weighted by molar-refractivity contribution is -0.166. The predicted octanol–water partition coefficient (Wildman–Crippen LogP) is 2.37. The molecule has 2 atom stereocenters. The second-order valence-corrected chi connectivity index (χ2v) is 9.02. The Morgan fingerprint density at radius 3 is 2.34 bits per heavy atom. The second kappa shape index (κ2) is 10.5. The zero-order chi connectivity index (χ0) is 25.0. The largest absolute Gasteiger partial charge is 0.479 e. The van der Waals surface area contributed by atoms with Crippen molar-refractivity contribution in [3.8, 4) is 11.1 Å². The van der Waals surface area contributed by atoms with Gasteiger partial charge in [0.05, 0.1) is 19.1 Å². The van der Waals surface area contributed by atoms with Crippen molar-refractivity contribution in [3.05, 3.63) is 59.7 Å². The summed E-state index contributed by atoms with van der Waals surface area (Å²) >= 11 is 0. The average Bonchev–Trinajstić information content (AvgIpc) is 3.18. The Hall–Kier alpha value is -3.43. The number of piperidine rings is 1. The summed E-state index contributed by atoms with van der Waals surface area (Å²) in [7, 11) is 1.43. The van der Waals surface area contributed by atoms with Gasteiger partial charge < -0.3 is 29.9 Å². The summed E-state index contributed by atoms with van der Waals surface area (Å²) in [6.07, 6.45) is -0.800. The van der Waals surface area contributed by atoms with Crippen LogP contribution in [0.2, 0.25) is 0 Å². The Balaban J connectivity index is 1.28.